The molecule has 0 saturated carbocycles. The Balaban J connectivity index is 1.54. The predicted octanol–water partition coefficient (Wildman–Crippen LogP) is 3.75. The van der Waals surface area contributed by atoms with Crippen LogP contribution in [0.15, 0.2) is 40.8 Å². The summed E-state index contributed by atoms with van der Waals surface area (Å²) in [4.78, 5) is 9.04. The zero-order valence-corrected chi connectivity index (χ0v) is 15.3. The highest BCUT2D eigenvalue weighted by atomic mass is 32.1. The number of aromatic amines is 1. The lowest BCUT2D eigenvalue weighted by Crippen LogP contribution is -2.37. The van der Waals surface area contributed by atoms with Gasteiger partial charge in [-0.3, -0.25) is 4.99 Å². The Morgan fingerprint density at radius 1 is 1.17 bits per heavy atom. The molecule has 0 amide bonds. The smallest absolute Gasteiger partial charge is 0.191 e. The zero-order valence-electron chi connectivity index (χ0n) is 14.4. The molecule has 1 aromatic carbocycles. The summed E-state index contributed by atoms with van der Waals surface area (Å²) in [6.45, 7) is 5.95. The van der Waals surface area contributed by atoms with Crippen LogP contribution in [0.2, 0.25) is 0 Å². The number of thiophene rings is 1. The zero-order chi connectivity index (χ0) is 16.9. The number of hydrogen-bond donors (Lipinski definition) is 3. The van der Waals surface area contributed by atoms with E-state index >= 15 is 0 Å². The summed E-state index contributed by atoms with van der Waals surface area (Å²) in [5.41, 5.74) is 5.20. The molecule has 4 nitrogen and oxygen atoms in total. The molecule has 2 aromatic heterocycles. The molecule has 0 aliphatic carbocycles. The van der Waals surface area contributed by atoms with Crippen molar-refractivity contribution in [2.45, 2.75) is 26.8 Å². The van der Waals surface area contributed by atoms with Gasteiger partial charge in [-0.2, -0.15) is 0 Å². The van der Waals surface area contributed by atoms with Crippen LogP contribution in [0.4, 0.5) is 0 Å². The van der Waals surface area contributed by atoms with E-state index in [9.17, 15) is 0 Å². The van der Waals surface area contributed by atoms with Gasteiger partial charge in [-0.15, -0.1) is 11.3 Å². The van der Waals surface area contributed by atoms with Crippen LogP contribution >= 0.6 is 11.3 Å². The van der Waals surface area contributed by atoms with Crippen LogP contribution in [0.3, 0.4) is 0 Å². The van der Waals surface area contributed by atoms with Crippen LogP contribution in [0.5, 0.6) is 0 Å². The van der Waals surface area contributed by atoms with E-state index in [4.69, 9.17) is 0 Å². The number of nitrogens with zero attached hydrogens (tertiary/aromatic N) is 1. The van der Waals surface area contributed by atoms with E-state index in [0.29, 0.717) is 0 Å². The first-order valence-corrected chi connectivity index (χ1v) is 9.10. The first-order chi connectivity index (χ1) is 11.7. The lowest BCUT2D eigenvalue weighted by molar-refractivity contribution is 0.800. The van der Waals surface area contributed by atoms with Crippen molar-refractivity contribution in [1.29, 1.82) is 0 Å². The summed E-state index contributed by atoms with van der Waals surface area (Å²) < 4.78 is 0. The van der Waals surface area contributed by atoms with Crippen molar-refractivity contribution in [2.24, 2.45) is 4.99 Å². The Morgan fingerprint density at radius 3 is 2.79 bits per heavy atom. The number of aliphatic imine (C=N–C) groups is 1. The number of aromatic nitrogens is 1. The van der Waals surface area contributed by atoms with Crippen LogP contribution in [0.1, 0.15) is 21.6 Å². The molecule has 0 radical (unpaired) electrons. The number of hydrogen-bond acceptors (Lipinski definition) is 2. The Bertz CT molecular complexity index is 844. The fourth-order valence-electron chi connectivity index (χ4n) is 2.86. The van der Waals surface area contributed by atoms with E-state index in [-0.39, 0.29) is 0 Å². The largest absolute Gasteiger partial charge is 0.361 e. The van der Waals surface area contributed by atoms with Gasteiger partial charge in [0.15, 0.2) is 5.96 Å². The molecule has 3 N–H and O–H groups in total. The van der Waals surface area contributed by atoms with E-state index in [0.717, 1.165) is 25.5 Å². The second-order valence-corrected chi connectivity index (χ2v) is 6.94. The molecule has 24 heavy (non-hydrogen) atoms. The third-order valence-corrected chi connectivity index (χ3v) is 5.33. The van der Waals surface area contributed by atoms with Crippen LogP contribution in [0.25, 0.3) is 10.9 Å². The molecule has 5 heteroatoms. The first kappa shape index (κ1) is 16.6. The van der Waals surface area contributed by atoms with E-state index in [2.05, 4.69) is 70.3 Å². The second-order valence-electron chi connectivity index (χ2n) is 5.94. The van der Waals surface area contributed by atoms with Gasteiger partial charge in [-0.25, -0.2) is 0 Å². The van der Waals surface area contributed by atoms with Gasteiger partial charge in [0.05, 0.1) is 6.54 Å². The molecule has 3 aromatic rings. The minimum absolute atomic E-state index is 0.815. The van der Waals surface area contributed by atoms with Gasteiger partial charge in [-0.1, -0.05) is 18.2 Å². The lowest BCUT2D eigenvalue weighted by Gasteiger charge is -2.11. The van der Waals surface area contributed by atoms with Crippen molar-refractivity contribution < 1.29 is 0 Å². The first-order valence-electron chi connectivity index (χ1n) is 8.22. The van der Waals surface area contributed by atoms with Crippen molar-refractivity contribution >= 4 is 28.2 Å². The van der Waals surface area contributed by atoms with Crippen molar-refractivity contribution in [1.82, 2.24) is 15.6 Å². The molecule has 0 fully saturated rings. The average Bonchev–Trinajstić information content (AvgIpc) is 3.18. The maximum absolute atomic E-state index is 4.30. The summed E-state index contributed by atoms with van der Waals surface area (Å²) in [7, 11) is 1.81. The molecule has 3 rings (SSSR count). The highest BCUT2D eigenvalue weighted by molar-refractivity contribution is 7.10. The maximum Gasteiger partial charge on any atom is 0.191 e. The third kappa shape index (κ3) is 3.62. The van der Waals surface area contributed by atoms with Gasteiger partial charge < -0.3 is 15.6 Å². The Labute approximate surface area is 147 Å². The minimum atomic E-state index is 0.815. The van der Waals surface area contributed by atoms with Crippen LogP contribution in [0, 0.1) is 13.8 Å². The fraction of sp³-hybridized carbons (Fsp3) is 0.316. The van der Waals surface area contributed by atoms with E-state index in [1.54, 1.807) is 11.3 Å². The number of benzene rings is 1. The van der Waals surface area contributed by atoms with Crippen LogP contribution in [-0.2, 0) is 13.0 Å². The summed E-state index contributed by atoms with van der Waals surface area (Å²) in [6.07, 6.45) is 3.08. The van der Waals surface area contributed by atoms with Crippen molar-refractivity contribution in [2.75, 3.05) is 13.6 Å². The van der Waals surface area contributed by atoms with Crippen molar-refractivity contribution in [3.63, 3.8) is 0 Å². The average molecular weight is 340 g/mol. The molecule has 0 bridgehead atoms. The molecule has 0 atom stereocenters. The summed E-state index contributed by atoms with van der Waals surface area (Å²) >= 11 is 1.78. The normalized spacial score (nSPS) is 11.9. The van der Waals surface area contributed by atoms with Gasteiger partial charge >= 0.3 is 0 Å². The number of nitrogens with one attached hydrogen (secondary N) is 3. The van der Waals surface area contributed by atoms with Crippen LogP contribution < -0.4 is 10.6 Å². The number of fused-ring (bicyclic) bond motifs is 1. The van der Waals surface area contributed by atoms with Gasteiger partial charge in [0.2, 0.25) is 0 Å². The Hall–Kier alpha value is -2.27. The highest BCUT2D eigenvalue weighted by Crippen LogP contribution is 2.21. The van der Waals surface area contributed by atoms with Gasteiger partial charge in [0, 0.05) is 35.6 Å². The Morgan fingerprint density at radius 2 is 2.04 bits per heavy atom. The Kier molecular flexibility index (Phi) is 5.20. The monoisotopic (exact) mass is 340 g/mol. The molecule has 2 heterocycles. The number of H-pyrrole nitrogens is 1. The SMILES string of the molecule is CN=C(NCCc1c[nH]c2c(C)cccc12)NCc1sccc1C. The topological polar surface area (TPSA) is 52.2 Å². The highest BCUT2D eigenvalue weighted by Gasteiger charge is 2.06. The van der Waals surface area contributed by atoms with Crippen molar-refractivity contribution in [3.8, 4) is 0 Å². The molecule has 0 aliphatic heterocycles. The minimum Gasteiger partial charge on any atom is -0.361 e. The van der Waals surface area contributed by atoms with Crippen molar-refractivity contribution in [3.05, 3.63) is 57.4 Å². The van der Waals surface area contributed by atoms with Gasteiger partial charge in [-0.05, 0) is 48.4 Å². The second kappa shape index (κ2) is 7.53. The molecule has 0 saturated heterocycles. The molecule has 0 spiro atoms. The number of guanidine groups is 1. The molecular weight excluding hydrogens is 316 g/mol. The molecule has 0 aliphatic rings. The van der Waals surface area contributed by atoms with Gasteiger partial charge in [0.25, 0.3) is 0 Å². The summed E-state index contributed by atoms with van der Waals surface area (Å²) in [5, 5.41) is 10.2. The lowest BCUT2D eigenvalue weighted by atomic mass is 10.1. The number of para-hydroxylation sites is 1. The maximum atomic E-state index is 4.30. The van der Waals surface area contributed by atoms with E-state index in [1.807, 2.05) is 7.05 Å². The van der Waals surface area contributed by atoms with E-state index in [1.165, 1.54) is 32.5 Å². The quantitative estimate of drug-likeness (QED) is 0.489. The van der Waals surface area contributed by atoms with Crippen LogP contribution in [-0.4, -0.2) is 24.5 Å². The standard InChI is InChI=1S/C19H24N4S/c1-13-8-10-24-17(13)12-23-19(20-3)21-9-7-15-11-22-18-14(2)5-4-6-16(15)18/h4-6,8,10-11,22H,7,9,12H2,1-3H3,(H2,20,21,23). The van der Waals surface area contributed by atoms with E-state index < -0.39 is 0 Å². The summed E-state index contributed by atoms with van der Waals surface area (Å²) in [6, 6.07) is 8.59. The predicted molar refractivity (Wildman–Crippen MR) is 104 cm³/mol. The summed E-state index contributed by atoms with van der Waals surface area (Å²) in [5.74, 6) is 0.846. The number of aryl methyl sites for hydroxylation is 2. The molecule has 126 valence electrons. The fourth-order valence-corrected chi connectivity index (χ4v) is 3.70. The third-order valence-electron chi connectivity index (χ3n) is 4.30. The molecular formula is C19H24N4S. The number of rotatable bonds is 5. The molecule has 0 unspecified atom stereocenters. The van der Waals surface area contributed by atoms with Gasteiger partial charge in [0.1, 0.15) is 0 Å².